The van der Waals surface area contributed by atoms with E-state index in [1.165, 1.54) is 28.6 Å². The van der Waals surface area contributed by atoms with Crippen LogP contribution < -0.4 is 15.7 Å². The number of para-hydroxylation sites is 1. The molecule has 0 aliphatic rings. The average Bonchev–Trinajstić information content (AvgIpc) is 3.13. The largest absolute Gasteiger partial charge is 0.460 e. The lowest BCUT2D eigenvalue weighted by molar-refractivity contribution is -0.137. The summed E-state index contributed by atoms with van der Waals surface area (Å²) in [5.41, 5.74) is -0.0705. The van der Waals surface area contributed by atoms with Crippen molar-refractivity contribution in [3.05, 3.63) is 120 Å². The van der Waals surface area contributed by atoms with Crippen LogP contribution >= 0.6 is 0 Å². The van der Waals surface area contributed by atoms with Crippen LogP contribution in [0.3, 0.4) is 0 Å². The molecule has 0 amide bonds. The van der Waals surface area contributed by atoms with E-state index in [1.54, 1.807) is 18.2 Å². The van der Waals surface area contributed by atoms with Gasteiger partial charge in [0.05, 0.1) is 76.3 Å². The highest BCUT2D eigenvalue weighted by Crippen LogP contribution is 2.36. The molecule has 0 aliphatic carbocycles. The van der Waals surface area contributed by atoms with E-state index in [2.05, 4.69) is 74.6 Å². The number of alkyl halides is 3. The molecule has 0 bridgehead atoms. The Bertz CT molecular complexity index is 1600. The predicted molar refractivity (Wildman–Crippen MR) is 198 cm³/mol. The minimum absolute atomic E-state index is 0.00274. The number of halogens is 3. The third-order valence-corrected chi connectivity index (χ3v) is 13.2. The van der Waals surface area contributed by atoms with Crippen molar-refractivity contribution in [1.29, 1.82) is 0 Å². The Kier molecular flexibility index (Phi) is 15.9. The average molecular weight is 740 g/mol. The van der Waals surface area contributed by atoms with Gasteiger partial charge in [0.25, 0.3) is 8.32 Å². The van der Waals surface area contributed by atoms with Crippen molar-refractivity contribution in [3.63, 3.8) is 0 Å². The molecule has 4 aromatic carbocycles. The molecule has 4 rings (SSSR count). The number of hydrogen-bond acceptors (Lipinski definition) is 8. The van der Waals surface area contributed by atoms with Crippen molar-refractivity contribution in [2.24, 2.45) is 0 Å². The lowest BCUT2D eigenvalue weighted by atomic mass is 10.1. The summed E-state index contributed by atoms with van der Waals surface area (Å²) in [5, 5.41) is 5.25. The molecule has 0 heterocycles. The molecule has 0 spiro atoms. The fraction of sp³-hybridized carbons (Fsp3) is 0.375. The van der Waals surface area contributed by atoms with E-state index in [9.17, 15) is 18.0 Å². The van der Waals surface area contributed by atoms with Crippen LogP contribution in [-0.4, -0.2) is 80.4 Å². The Hall–Kier alpha value is -4.04. The van der Waals surface area contributed by atoms with Crippen molar-refractivity contribution in [2.45, 2.75) is 32.0 Å². The maximum absolute atomic E-state index is 13.1. The number of rotatable bonds is 21. The highest BCUT2D eigenvalue weighted by atomic mass is 28.4. The van der Waals surface area contributed by atoms with Crippen LogP contribution in [0.2, 0.25) is 5.04 Å². The third-order valence-electron chi connectivity index (χ3n) is 8.16. The number of carbonyl (C=O) groups is 1. The first-order valence-corrected chi connectivity index (χ1v) is 19.2. The Morgan fingerprint density at radius 1 is 0.596 bits per heavy atom. The molecule has 52 heavy (non-hydrogen) atoms. The molecule has 0 saturated carbocycles. The second-order valence-corrected chi connectivity index (χ2v) is 17.2. The van der Waals surface area contributed by atoms with Crippen LogP contribution in [0, 0.1) is 0 Å². The molecule has 0 aliphatic heterocycles. The smallest absolute Gasteiger partial charge is 0.416 e. The third kappa shape index (κ3) is 12.0. The van der Waals surface area contributed by atoms with Gasteiger partial charge in [-0.05, 0) is 45.7 Å². The minimum atomic E-state index is -4.48. The van der Waals surface area contributed by atoms with Gasteiger partial charge in [0.15, 0.2) is 0 Å². The number of nitrogens with one attached hydrogen (secondary N) is 1. The second-order valence-electron chi connectivity index (χ2n) is 12.8. The van der Waals surface area contributed by atoms with E-state index in [0.717, 1.165) is 12.1 Å². The predicted octanol–water partition coefficient (Wildman–Crippen LogP) is 7.25. The molecule has 1 N–H and O–H groups in total. The van der Waals surface area contributed by atoms with Crippen molar-refractivity contribution in [3.8, 4) is 0 Å². The maximum Gasteiger partial charge on any atom is 0.416 e. The topological polar surface area (TPSA) is 84.5 Å². The van der Waals surface area contributed by atoms with E-state index in [1.807, 2.05) is 12.1 Å². The molecule has 0 aromatic heterocycles. The van der Waals surface area contributed by atoms with Crippen LogP contribution in [0.1, 0.15) is 36.7 Å². The van der Waals surface area contributed by atoms with Gasteiger partial charge in [-0.3, -0.25) is 0 Å². The first-order chi connectivity index (χ1) is 25.0. The zero-order chi connectivity index (χ0) is 37.3. The first-order valence-electron chi connectivity index (χ1n) is 17.3. The molecule has 4 aromatic rings. The summed E-state index contributed by atoms with van der Waals surface area (Å²) < 4.78 is 73.8. The lowest BCUT2D eigenvalue weighted by Gasteiger charge is -2.43. The SMILES string of the molecule is CC(C)(C)[Si](OCCOCCOCCOCCOCCOC(=O)c1ccccc1Nc1cccc(C(F)(F)F)c1)(c1ccccc1)c1ccccc1. The number of ether oxygens (including phenoxy) is 5. The van der Waals surface area contributed by atoms with Gasteiger partial charge in [-0.1, -0.05) is 99.6 Å². The normalized spacial score (nSPS) is 12.1. The standard InChI is InChI=1S/C40H48F3NO7Si/c1-39(2,3)52(34-15-6-4-7-16-34,35-17-8-5-9-18-35)51-30-28-49-26-24-47-22-21-46-23-25-48-27-29-50-38(45)36-19-10-11-20-37(36)44-33-14-12-13-32(31-33)40(41,42)43/h4-20,31,44H,21-30H2,1-3H3. The molecule has 280 valence electrons. The Balaban J connectivity index is 1.04. The number of esters is 1. The van der Waals surface area contributed by atoms with Gasteiger partial charge >= 0.3 is 12.1 Å². The molecule has 8 nitrogen and oxygen atoms in total. The van der Waals surface area contributed by atoms with Gasteiger partial charge in [-0.25, -0.2) is 4.79 Å². The number of hydrogen-bond donors (Lipinski definition) is 1. The van der Waals surface area contributed by atoms with Crippen LogP contribution in [0.5, 0.6) is 0 Å². The van der Waals surface area contributed by atoms with Crippen molar-refractivity contribution in [1.82, 2.24) is 0 Å². The monoisotopic (exact) mass is 739 g/mol. The van der Waals surface area contributed by atoms with Crippen LogP contribution in [-0.2, 0) is 34.3 Å². The van der Waals surface area contributed by atoms with Gasteiger partial charge in [0.1, 0.15) is 6.61 Å². The number of carbonyl (C=O) groups excluding carboxylic acids is 1. The highest BCUT2D eigenvalue weighted by Gasteiger charge is 2.50. The van der Waals surface area contributed by atoms with Gasteiger partial charge in [0, 0.05) is 5.69 Å². The summed E-state index contributed by atoms with van der Waals surface area (Å²) in [6, 6.07) is 32.2. The number of benzene rings is 4. The molecular weight excluding hydrogens is 692 g/mol. The summed E-state index contributed by atoms with van der Waals surface area (Å²) in [5.74, 6) is -0.622. The zero-order valence-electron chi connectivity index (χ0n) is 30.0. The van der Waals surface area contributed by atoms with E-state index < -0.39 is 26.0 Å². The van der Waals surface area contributed by atoms with E-state index >= 15 is 0 Å². The molecule has 0 radical (unpaired) electrons. The van der Waals surface area contributed by atoms with Crippen molar-refractivity contribution >= 4 is 36.0 Å². The zero-order valence-corrected chi connectivity index (χ0v) is 31.0. The molecule has 0 saturated heterocycles. The van der Waals surface area contributed by atoms with Crippen molar-refractivity contribution in [2.75, 3.05) is 71.4 Å². The molecule has 0 unspecified atom stereocenters. The van der Waals surface area contributed by atoms with E-state index in [-0.39, 0.29) is 29.5 Å². The lowest BCUT2D eigenvalue weighted by Crippen LogP contribution is -2.66. The van der Waals surface area contributed by atoms with E-state index in [0.29, 0.717) is 58.5 Å². The summed E-state index contributed by atoms with van der Waals surface area (Å²) in [6.45, 7) is 10.2. The summed E-state index contributed by atoms with van der Waals surface area (Å²) in [6.07, 6.45) is -4.48. The molecule has 0 fully saturated rings. The molecule has 0 atom stereocenters. The van der Waals surface area contributed by atoms with Gasteiger partial charge in [0.2, 0.25) is 0 Å². The number of anilines is 2. The summed E-state index contributed by atoms with van der Waals surface area (Å²) >= 11 is 0. The Morgan fingerprint density at radius 3 is 1.60 bits per heavy atom. The van der Waals surface area contributed by atoms with Gasteiger partial charge in [-0.2, -0.15) is 13.2 Å². The highest BCUT2D eigenvalue weighted by molar-refractivity contribution is 6.99. The molecular formula is C40H48F3NO7Si. The van der Waals surface area contributed by atoms with Gasteiger partial charge < -0.3 is 33.4 Å². The Labute approximate surface area is 305 Å². The molecule has 12 heteroatoms. The first kappa shape index (κ1) is 40.7. The van der Waals surface area contributed by atoms with Crippen LogP contribution in [0.25, 0.3) is 0 Å². The van der Waals surface area contributed by atoms with Crippen LogP contribution in [0.4, 0.5) is 24.5 Å². The van der Waals surface area contributed by atoms with E-state index in [4.69, 9.17) is 28.1 Å². The van der Waals surface area contributed by atoms with Crippen LogP contribution in [0.15, 0.2) is 109 Å². The van der Waals surface area contributed by atoms with Crippen molar-refractivity contribution < 1.29 is 46.1 Å². The van der Waals surface area contributed by atoms with Gasteiger partial charge in [-0.15, -0.1) is 0 Å². The Morgan fingerprint density at radius 2 is 1.08 bits per heavy atom. The maximum atomic E-state index is 13.1. The minimum Gasteiger partial charge on any atom is -0.460 e. The second kappa shape index (κ2) is 20.3. The fourth-order valence-electron chi connectivity index (χ4n) is 5.75. The summed E-state index contributed by atoms with van der Waals surface area (Å²) in [4.78, 5) is 12.6. The fourth-order valence-corrected chi connectivity index (χ4v) is 10.3. The quantitative estimate of drug-likeness (QED) is 0.0544. The summed E-state index contributed by atoms with van der Waals surface area (Å²) in [7, 11) is -2.58.